The second-order valence-corrected chi connectivity index (χ2v) is 14.5. The Morgan fingerprint density at radius 2 is 1.88 bits per heavy atom. The first-order valence-corrected chi connectivity index (χ1v) is 15.8. The second kappa shape index (κ2) is 8.84. The Morgan fingerprint density at radius 3 is 2.74 bits per heavy atom. The van der Waals surface area contributed by atoms with E-state index in [2.05, 4.69) is 70.2 Å². The van der Waals surface area contributed by atoms with Gasteiger partial charge in [-0.3, -0.25) is 9.59 Å². The predicted octanol–water partition coefficient (Wildman–Crippen LogP) is 7.56. The number of allylic oxidation sites excluding steroid dienone is 4. The van der Waals surface area contributed by atoms with E-state index in [-0.39, 0.29) is 34.1 Å². The molecule has 0 aromatic heterocycles. The summed E-state index contributed by atoms with van der Waals surface area (Å²) in [7, 11) is 0. The molecular formula is C37H40O5. The van der Waals surface area contributed by atoms with E-state index in [0.717, 1.165) is 30.8 Å². The fraction of sp³-hybridized carbons (Fsp3) is 0.514. The molecule has 2 saturated carbocycles. The maximum atomic E-state index is 12.3. The fourth-order valence-electron chi connectivity index (χ4n) is 10.7. The van der Waals surface area contributed by atoms with Crippen LogP contribution in [0.4, 0.5) is 0 Å². The Morgan fingerprint density at radius 1 is 1.05 bits per heavy atom. The molecule has 1 saturated heterocycles. The Balaban J connectivity index is 0.000000129. The number of fused-ring (bicyclic) bond motifs is 4. The van der Waals surface area contributed by atoms with Crippen molar-refractivity contribution in [2.24, 2.45) is 39.9 Å². The molecule has 3 fully saturated rings. The number of esters is 1. The van der Waals surface area contributed by atoms with Crippen LogP contribution in [-0.4, -0.2) is 24.5 Å². The van der Waals surface area contributed by atoms with Gasteiger partial charge in [-0.2, -0.15) is 0 Å². The minimum Gasteiger partial charge on any atom is -0.495 e. The number of benzene rings is 1. The fourth-order valence-corrected chi connectivity index (χ4v) is 10.7. The molecule has 3 heterocycles. The van der Waals surface area contributed by atoms with Crippen molar-refractivity contribution in [3.05, 3.63) is 82.5 Å². The average Bonchev–Trinajstić information content (AvgIpc) is 3.20. The maximum Gasteiger partial charge on any atom is 0.306 e. The molecule has 5 aliphatic carbocycles. The topological polar surface area (TPSA) is 61.8 Å². The molecule has 2 bridgehead atoms. The van der Waals surface area contributed by atoms with Crippen LogP contribution in [0.1, 0.15) is 77.3 Å². The van der Waals surface area contributed by atoms with Gasteiger partial charge in [-0.15, -0.1) is 0 Å². The molecule has 1 aromatic rings. The molecule has 8 aliphatic rings. The highest BCUT2D eigenvalue weighted by molar-refractivity contribution is 5.92. The molecular weight excluding hydrogens is 524 g/mol. The van der Waals surface area contributed by atoms with Crippen LogP contribution in [0.3, 0.4) is 0 Å². The van der Waals surface area contributed by atoms with Crippen molar-refractivity contribution in [3.8, 4) is 0 Å². The van der Waals surface area contributed by atoms with Crippen LogP contribution >= 0.6 is 0 Å². The molecule has 0 radical (unpaired) electrons. The van der Waals surface area contributed by atoms with E-state index in [4.69, 9.17) is 14.2 Å². The molecule has 0 amide bonds. The van der Waals surface area contributed by atoms with Crippen molar-refractivity contribution in [3.63, 3.8) is 0 Å². The van der Waals surface area contributed by atoms with E-state index in [1.807, 2.05) is 6.08 Å². The summed E-state index contributed by atoms with van der Waals surface area (Å²) in [4.78, 5) is 24.5. The number of ketones is 1. The van der Waals surface area contributed by atoms with Crippen molar-refractivity contribution in [2.45, 2.75) is 72.3 Å². The van der Waals surface area contributed by atoms with Crippen LogP contribution < -0.4 is 0 Å². The minimum atomic E-state index is -0.184. The van der Waals surface area contributed by atoms with Crippen LogP contribution in [0.2, 0.25) is 0 Å². The van der Waals surface area contributed by atoms with Crippen molar-refractivity contribution >= 4 is 23.4 Å². The normalized spacial score (nSPS) is 41.6. The molecule has 8 atom stereocenters. The Labute approximate surface area is 248 Å². The van der Waals surface area contributed by atoms with Crippen LogP contribution in [0.15, 0.2) is 71.4 Å². The van der Waals surface area contributed by atoms with Gasteiger partial charge in [0.2, 0.25) is 0 Å². The molecule has 1 unspecified atom stereocenters. The third-order valence-corrected chi connectivity index (χ3v) is 12.6. The molecule has 42 heavy (non-hydrogen) atoms. The summed E-state index contributed by atoms with van der Waals surface area (Å²) in [6.45, 7) is 9.76. The van der Waals surface area contributed by atoms with Crippen LogP contribution in [0, 0.1) is 39.9 Å². The zero-order valence-corrected chi connectivity index (χ0v) is 25.1. The summed E-state index contributed by atoms with van der Waals surface area (Å²) in [5.74, 6) is 4.21. The quantitative estimate of drug-likeness (QED) is 0.304. The number of hydrogen-bond donors (Lipinski definition) is 0. The molecule has 9 rings (SSSR count). The molecule has 1 spiro atoms. The number of carbonyl (C=O) groups excluding carboxylic acids is 2. The number of carbonyl (C=O) groups is 2. The van der Waals surface area contributed by atoms with Gasteiger partial charge in [-0.05, 0) is 83.8 Å². The van der Waals surface area contributed by atoms with E-state index in [0.29, 0.717) is 43.1 Å². The molecule has 5 heteroatoms. The van der Waals surface area contributed by atoms with E-state index < -0.39 is 0 Å². The lowest BCUT2D eigenvalue weighted by molar-refractivity contribution is -0.232. The Bertz CT molecular complexity index is 1570. The maximum absolute atomic E-state index is 12.3. The Kier molecular flexibility index (Phi) is 5.54. The predicted molar refractivity (Wildman–Crippen MR) is 160 cm³/mol. The van der Waals surface area contributed by atoms with Gasteiger partial charge in [0.05, 0.1) is 6.26 Å². The lowest BCUT2D eigenvalue weighted by Gasteiger charge is -2.66. The first kappa shape index (κ1) is 26.3. The first-order chi connectivity index (χ1) is 20.2. The van der Waals surface area contributed by atoms with Crippen molar-refractivity contribution in [1.29, 1.82) is 0 Å². The highest BCUT2D eigenvalue weighted by Crippen LogP contribution is 2.68. The third kappa shape index (κ3) is 3.31. The zero-order valence-electron chi connectivity index (χ0n) is 25.1. The average molecular weight is 565 g/mol. The van der Waals surface area contributed by atoms with Crippen molar-refractivity contribution < 1.29 is 23.8 Å². The second-order valence-electron chi connectivity index (χ2n) is 14.5. The van der Waals surface area contributed by atoms with E-state index in [1.54, 1.807) is 6.26 Å². The smallest absolute Gasteiger partial charge is 0.306 e. The Hall–Kier alpha value is -3.34. The number of rotatable bonds is 0. The molecule has 1 aromatic carbocycles. The number of ether oxygens (including phenoxy) is 3. The highest BCUT2D eigenvalue weighted by atomic mass is 16.5. The summed E-state index contributed by atoms with van der Waals surface area (Å²) in [6, 6.07) is 8.52. The van der Waals surface area contributed by atoms with Gasteiger partial charge >= 0.3 is 5.97 Å². The standard InChI is InChI=1S/C20H28O3.C17H12O2/c1-11-5-6-16-19(3)10-13(21)7-12(2)14(19)8-17-20(16,4)15(11)9-18(22)23-17;1-2-4-12-11(3-1)9-16-17-10-19-15(6-5-13(12)17)14(17)7-8-18-16/h7,11,14-17H,5-6,8-10H2,1-4H3;1-5,7-9H,6,10H2/t11-,14-,15-,16+,17+,19-,20-;/m0./s1. The first-order valence-electron chi connectivity index (χ1n) is 15.8. The summed E-state index contributed by atoms with van der Waals surface area (Å²) in [6.07, 6.45) is 15.5. The molecule has 3 aliphatic heterocycles. The van der Waals surface area contributed by atoms with Gasteiger partial charge in [0, 0.05) is 30.3 Å². The van der Waals surface area contributed by atoms with E-state index in [9.17, 15) is 9.59 Å². The summed E-state index contributed by atoms with van der Waals surface area (Å²) >= 11 is 0. The van der Waals surface area contributed by atoms with E-state index >= 15 is 0 Å². The lowest BCUT2D eigenvalue weighted by Crippen LogP contribution is -2.65. The minimum absolute atomic E-state index is 0.0119. The largest absolute Gasteiger partial charge is 0.495 e. The van der Waals surface area contributed by atoms with Crippen LogP contribution in [-0.2, 0) is 23.8 Å². The van der Waals surface area contributed by atoms with Gasteiger partial charge in [-0.25, -0.2) is 0 Å². The monoisotopic (exact) mass is 564 g/mol. The summed E-state index contributed by atoms with van der Waals surface area (Å²) in [5, 5.41) is 0. The zero-order chi connectivity index (χ0) is 29.0. The van der Waals surface area contributed by atoms with Crippen LogP contribution in [0.25, 0.3) is 11.6 Å². The van der Waals surface area contributed by atoms with Gasteiger partial charge in [0.15, 0.2) is 5.78 Å². The summed E-state index contributed by atoms with van der Waals surface area (Å²) in [5.41, 5.74) is 6.27. The van der Waals surface area contributed by atoms with Gasteiger partial charge < -0.3 is 14.2 Å². The highest BCUT2D eigenvalue weighted by Gasteiger charge is 2.66. The van der Waals surface area contributed by atoms with E-state index in [1.165, 1.54) is 34.3 Å². The molecule has 218 valence electrons. The van der Waals surface area contributed by atoms with Crippen molar-refractivity contribution in [1.82, 2.24) is 0 Å². The van der Waals surface area contributed by atoms with Crippen molar-refractivity contribution in [2.75, 3.05) is 6.61 Å². The van der Waals surface area contributed by atoms with Gasteiger partial charge in [0.25, 0.3) is 0 Å². The number of hydrogen-bond acceptors (Lipinski definition) is 5. The third-order valence-electron chi connectivity index (χ3n) is 12.6. The molecule has 0 N–H and O–H groups in total. The van der Waals surface area contributed by atoms with Gasteiger partial charge in [-0.1, -0.05) is 63.1 Å². The molecule has 5 nitrogen and oxygen atoms in total. The van der Waals surface area contributed by atoms with Gasteiger partial charge in [0.1, 0.15) is 29.6 Å². The summed E-state index contributed by atoms with van der Waals surface area (Å²) < 4.78 is 17.6. The SMILES string of the molecule is C1=CC2=C3CC=C4c5ccccc5C=C(O1)C42CO3.CC1=CC(=O)C[C@]2(C)[C@H]3CC[C@H](C)[C@@H]4CC(=O)O[C@H](C[C@@H]12)[C@]34C. The van der Waals surface area contributed by atoms with Crippen LogP contribution in [0.5, 0.6) is 0 Å². The lowest BCUT2D eigenvalue weighted by atomic mass is 9.40.